The lowest BCUT2D eigenvalue weighted by molar-refractivity contribution is -0.879. The normalized spacial score (nSPS) is 13.6. The van der Waals surface area contributed by atoms with Crippen LogP contribution >= 0.6 is 0 Å². The van der Waals surface area contributed by atoms with E-state index in [9.17, 15) is 17.8 Å². The third-order valence-corrected chi connectivity index (χ3v) is 5.61. The van der Waals surface area contributed by atoms with E-state index in [1.165, 1.54) is 44.9 Å². The molecular formula is C19H40N2O4S. The van der Waals surface area contributed by atoms with Gasteiger partial charge < -0.3 is 14.4 Å². The number of unbranched alkanes of at least 4 members (excludes halogenated alkanes) is 8. The lowest BCUT2D eigenvalue weighted by Crippen LogP contribution is -2.46. The molecular weight excluding hydrogens is 352 g/mol. The van der Waals surface area contributed by atoms with Crippen molar-refractivity contribution in [3.8, 4) is 0 Å². The van der Waals surface area contributed by atoms with Crippen LogP contribution in [0.1, 0.15) is 84.5 Å². The molecule has 1 unspecified atom stereocenters. The van der Waals surface area contributed by atoms with Gasteiger partial charge in [-0.25, -0.2) is 8.42 Å². The highest BCUT2D eigenvalue weighted by Gasteiger charge is 2.20. The van der Waals surface area contributed by atoms with Crippen LogP contribution in [0.2, 0.25) is 0 Å². The molecule has 1 N–H and O–H groups in total. The number of nitrogens with zero attached hydrogens (tertiary/aromatic N) is 1. The Morgan fingerprint density at radius 2 is 1.50 bits per heavy atom. The van der Waals surface area contributed by atoms with E-state index in [1.54, 1.807) is 14.1 Å². The molecule has 0 aromatic rings. The number of hydrogen-bond acceptors (Lipinski definition) is 4. The molecule has 0 aliphatic rings. The van der Waals surface area contributed by atoms with Crippen molar-refractivity contribution in [3.05, 3.63) is 0 Å². The van der Waals surface area contributed by atoms with Gasteiger partial charge in [0.15, 0.2) is 5.88 Å². The molecule has 0 aliphatic carbocycles. The van der Waals surface area contributed by atoms with E-state index in [4.69, 9.17) is 0 Å². The Labute approximate surface area is 161 Å². The molecule has 1 atom stereocenters. The van der Waals surface area contributed by atoms with Crippen molar-refractivity contribution in [2.75, 3.05) is 26.5 Å². The lowest BCUT2D eigenvalue weighted by Gasteiger charge is -2.31. The standard InChI is InChI=1S/C19H40N2O4S/c1-5-6-7-8-9-10-11-12-13-14-19(22)20-18(2)15-16-21(3,4)17-26(23,24)25/h18H,5-17H2,1-4H3,(H-,20,22,23,24,25). The second-order valence-corrected chi connectivity index (χ2v) is 9.56. The maximum absolute atomic E-state index is 12.0. The number of hydrogen-bond donors (Lipinski definition) is 1. The van der Waals surface area contributed by atoms with Gasteiger partial charge in [0.25, 0.3) is 0 Å². The maximum Gasteiger partial charge on any atom is 0.220 e. The van der Waals surface area contributed by atoms with Crippen molar-refractivity contribution in [2.24, 2.45) is 0 Å². The lowest BCUT2D eigenvalue weighted by atomic mass is 10.1. The summed E-state index contributed by atoms with van der Waals surface area (Å²) in [6.45, 7) is 4.67. The first-order chi connectivity index (χ1) is 12.1. The first-order valence-corrected chi connectivity index (χ1v) is 11.7. The van der Waals surface area contributed by atoms with Gasteiger partial charge >= 0.3 is 0 Å². The third kappa shape index (κ3) is 16.8. The third-order valence-electron chi connectivity index (χ3n) is 4.59. The number of quaternary nitrogens is 1. The SMILES string of the molecule is CCCCCCCCCCCC(=O)NC(C)CC[N+](C)(C)CS(=O)(=O)[O-]. The van der Waals surface area contributed by atoms with Crippen LogP contribution in [-0.2, 0) is 14.9 Å². The predicted octanol–water partition coefficient (Wildman–Crippen LogP) is 3.38. The summed E-state index contributed by atoms with van der Waals surface area (Å²) >= 11 is 0. The van der Waals surface area contributed by atoms with Gasteiger partial charge in [-0.05, 0) is 13.3 Å². The molecule has 0 saturated heterocycles. The Balaban J connectivity index is 3.73. The highest BCUT2D eigenvalue weighted by atomic mass is 32.2. The van der Waals surface area contributed by atoms with E-state index in [0.717, 1.165) is 12.8 Å². The van der Waals surface area contributed by atoms with Crippen LogP contribution < -0.4 is 5.32 Å². The van der Waals surface area contributed by atoms with Gasteiger partial charge in [-0.2, -0.15) is 0 Å². The van der Waals surface area contributed by atoms with Crippen molar-refractivity contribution in [1.82, 2.24) is 5.32 Å². The smallest absolute Gasteiger partial charge is 0.220 e. The summed E-state index contributed by atoms with van der Waals surface area (Å²) in [5, 5.41) is 2.96. The van der Waals surface area contributed by atoms with Gasteiger partial charge in [0.05, 0.1) is 20.6 Å². The highest BCUT2D eigenvalue weighted by Crippen LogP contribution is 2.11. The minimum atomic E-state index is -4.24. The van der Waals surface area contributed by atoms with Gasteiger partial charge in [-0.1, -0.05) is 58.3 Å². The molecule has 156 valence electrons. The van der Waals surface area contributed by atoms with Crippen LogP contribution in [0.3, 0.4) is 0 Å². The monoisotopic (exact) mass is 392 g/mol. The molecule has 0 aromatic heterocycles. The molecule has 1 amide bonds. The molecule has 0 heterocycles. The fourth-order valence-corrected chi connectivity index (χ4v) is 4.04. The Morgan fingerprint density at radius 3 is 2.00 bits per heavy atom. The average Bonchev–Trinajstić information content (AvgIpc) is 2.49. The van der Waals surface area contributed by atoms with Gasteiger partial charge in [-0.15, -0.1) is 0 Å². The van der Waals surface area contributed by atoms with E-state index in [1.807, 2.05) is 6.92 Å². The van der Waals surface area contributed by atoms with Gasteiger partial charge in [0.2, 0.25) is 5.91 Å². The molecule has 26 heavy (non-hydrogen) atoms. The van der Waals surface area contributed by atoms with E-state index >= 15 is 0 Å². The fourth-order valence-electron chi connectivity index (χ4n) is 3.05. The molecule has 0 fully saturated rings. The van der Waals surface area contributed by atoms with Gasteiger partial charge in [0.1, 0.15) is 10.1 Å². The summed E-state index contributed by atoms with van der Waals surface area (Å²) < 4.78 is 32.8. The van der Waals surface area contributed by atoms with Crippen LogP contribution in [0.15, 0.2) is 0 Å². The molecule has 0 rings (SSSR count). The summed E-state index contributed by atoms with van der Waals surface area (Å²) in [5.74, 6) is -0.367. The second-order valence-electron chi connectivity index (χ2n) is 8.18. The summed E-state index contributed by atoms with van der Waals surface area (Å²) in [7, 11) is -0.815. The van der Waals surface area contributed by atoms with Crippen LogP contribution in [0.4, 0.5) is 0 Å². The van der Waals surface area contributed by atoms with Crippen LogP contribution in [0, 0.1) is 0 Å². The number of carbonyl (C=O) groups excluding carboxylic acids is 1. The van der Waals surface area contributed by atoms with Gasteiger partial charge in [-0.3, -0.25) is 4.79 Å². The van der Waals surface area contributed by atoms with E-state index < -0.39 is 16.0 Å². The van der Waals surface area contributed by atoms with E-state index in [0.29, 0.717) is 19.4 Å². The molecule has 7 heteroatoms. The largest absolute Gasteiger partial charge is 0.744 e. The van der Waals surface area contributed by atoms with Crippen molar-refractivity contribution >= 4 is 16.0 Å². The average molecular weight is 393 g/mol. The van der Waals surface area contributed by atoms with Crippen LogP contribution in [0.25, 0.3) is 0 Å². The molecule has 0 bridgehead atoms. The summed E-state index contributed by atoms with van der Waals surface area (Å²) in [5.41, 5.74) is 0. The maximum atomic E-state index is 12.0. The number of carbonyl (C=O) groups is 1. The van der Waals surface area contributed by atoms with Crippen molar-refractivity contribution in [1.29, 1.82) is 0 Å². The van der Waals surface area contributed by atoms with E-state index in [-0.39, 0.29) is 16.4 Å². The first kappa shape index (κ1) is 25.3. The molecule has 0 radical (unpaired) electrons. The summed E-state index contributed by atoms with van der Waals surface area (Å²) in [6, 6.07) is -0.0205. The topological polar surface area (TPSA) is 86.3 Å². The quantitative estimate of drug-likeness (QED) is 0.248. The molecule has 0 aliphatic heterocycles. The van der Waals surface area contributed by atoms with Crippen molar-refractivity contribution in [2.45, 2.75) is 90.5 Å². The molecule has 0 spiro atoms. The zero-order valence-corrected chi connectivity index (χ0v) is 18.1. The van der Waals surface area contributed by atoms with Gasteiger partial charge in [0, 0.05) is 18.9 Å². The highest BCUT2D eigenvalue weighted by molar-refractivity contribution is 7.85. The number of amides is 1. The van der Waals surface area contributed by atoms with Crippen molar-refractivity contribution < 1.29 is 22.2 Å². The van der Waals surface area contributed by atoms with Crippen LogP contribution in [0.5, 0.6) is 0 Å². The number of rotatable bonds is 16. The second kappa shape index (κ2) is 13.5. The Hall–Kier alpha value is -0.660. The Bertz CT molecular complexity index is 478. The van der Waals surface area contributed by atoms with Crippen molar-refractivity contribution in [3.63, 3.8) is 0 Å². The summed E-state index contributed by atoms with van der Waals surface area (Å²) in [6.07, 6.45) is 12.3. The molecule has 0 saturated carbocycles. The Kier molecular flexibility index (Phi) is 13.2. The fraction of sp³-hybridized carbons (Fsp3) is 0.947. The first-order valence-electron chi connectivity index (χ1n) is 10.1. The Morgan fingerprint density at radius 1 is 1.00 bits per heavy atom. The zero-order chi connectivity index (χ0) is 20.1. The van der Waals surface area contributed by atoms with Crippen LogP contribution in [-0.4, -0.2) is 55.9 Å². The minimum Gasteiger partial charge on any atom is -0.744 e. The number of nitrogens with one attached hydrogen (secondary N) is 1. The van der Waals surface area contributed by atoms with E-state index in [2.05, 4.69) is 12.2 Å². The zero-order valence-electron chi connectivity index (χ0n) is 17.3. The molecule has 0 aromatic carbocycles. The minimum absolute atomic E-state index is 0.0205. The predicted molar refractivity (Wildman–Crippen MR) is 106 cm³/mol. The summed E-state index contributed by atoms with van der Waals surface area (Å²) in [4.78, 5) is 12.0. The molecule has 6 nitrogen and oxygen atoms in total.